The van der Waals surface area contributed by atoms with Crippen LogP contribution in [0.15, 0.2) is 0 Å². The van der Waals surface area contributed by atoms with Crippen molar-refractivity contribution in [2.24, 2.45) is 0 Å². The van der Waals surface area contributed by atoms with Gasteiger partial charge in [-0.1, -0.05) is 0 Å². The molecule has 9 heteroatoms. The Balaban J connectivity index is 0. The van der Waals surface area contributed by atoms with Gasteiger partial charge in [-0.2, -0.15) is 9.68 Å². The highest BCUT2D eigenvalue weighted by Gasteiger charge is 2.30. The maximum absolute atomic E-state index is 11.3. The van der Waals surface area contributed by atoms with Crippen molar-refractivity contribution >= 4 is 35.6 Å². The summed E-state index contributed by atoms with van der Waals surface area (Å²) in [5.41, 5.74) is 0. The molecule has 0 atom stereocenters. The van der Waals surface area contributed by atoms with Crippen LogP contribution in [0.4, 0.5) is 0 Å². The third kappa shape index (κ3) is 6.18. The van der Waals surface area contributed by atoms with Crippen molar-refractivity contribution in [3.63, 3.8) is 0 Å². The van der Waals surface area contributed by atoms with Crippen LogP contribution in [0.1, 0.15) is 0 Å². The molecule has 6 nitrogen and oxygen atoms in total. The van der Waals surface area contributed by atoms with Gasteiger partial charge < -0.3 is 15.4 Å². The summed E-state index contributed by atoms with van der Waals surface area (Å²) >= 11 is 10.5. The molecule has 0 heterocycles. The van der Waals surface area contributed by atoms with Crippen LogP contribution in [0.5, 0.6) is 0 Å². The predicted octanol–water partition coefficient (Wildman–Crippen LogP) is 0.332. The number of rotatable bonds is 7. The van der Waals surface area contributed by atoms with Crippen LogP contribution >= 0.6 is 35.6 Å². The lowest BCUT2D eigenvalue weighted by atomic mass is 10.8. The highest BCUT2D eigenvalue weighted by atomic mass is 35.5. The summed E-state index contributed by atoms with van der Waals surface area (Å²) in [6, 6.07) is 0. The van der Waals surface area contributed by atoms with Crippen molar-refractivity contribution in [2.75, 3.05) is 26.4 Å². The SMILES string of the molecule is Cl.[O-][N+](OCCO)(OCCO)C(Cl)Cl. The van der Waals surface area contributed by atoms with E-state index in [1.54, 1.807) is 0 Å². The van der Waals surface area contributed by atoms with Crippen LogP contribution in [0, 0.1) is 5.21 Å². The van der Waals surface area contributed by atoms with Crippen LogP contribution in [0.3, 0.4) is 0 Å². The molecule has 0 aliphatic rings. The molecule has 2 N–H and O–H groups in total. The fourth-order valence-corrected chi connectivity index (χ4v) is 0.711. The Morgan fingerprint density at radius 1 is 1.14 bits per heavy atom. The minimum absolute atomic E-state index is 0. The molecule has 0 aliphatic heterocycles. The van der Waals surface area contributed by atoms with E-state index in [4.69, 9.17) is 33.4 Å². The first-order valence-electron chi connectivity index (χ1n) is 3.45. The Labute approximate surface area is 97.4 Å². The average Bonchev–Trinajstić information content (AvgIpc) is 2.11. The summed E-state index contributed by atoms with van der Waals surface area (Å²) in [6.07, 6.45) is 0. The number of hydroxylamine groups is 3. The summed E-state index contributed by atoms with van der Waals surface area (Å²) in [6.45, 7) is -1.23. The van der Waals surface area contributed by atoms with Gasteiger partial charge in [0.1, 0.15) is 13.2 Å². The highest BCUT2D eigenvalue weighted by Crippen LogP contribution is 2.20. The van der Waals surface area contributed by atoms with Gasteiger partial charge in [0, 0.05) is 0 Å². The number of halogens is 3. The Hall–Kier alpha value is 0.630. The Kier molecular flexibility index (Phi) is 10.8. The first kappa shape index (κ1) is 17.0. The maximum Gasteiger partial charge on any atom is 0.302 e. The molecule has 0 saturated carbocycles. The van der Waals surface area contributed by atoms with Crippen molar-refractivity contribution in [3.8, 4) is 0 Å². The molecule has 0 radical (unpaired) electrons. The summed E-state index contributed by atoms with van der Waals surface area (Å²) in [5.74, 6) is 0. The van der Waals surface area contributed by atoms with Crippen LogP contribution in [0.2, 0.25) is 0 Å². The largest absolute Gasteiger partial charge is 0.562 e. The first-order valence-corrected chi connectivity index (χ1v) is 4.33. The number of hydrogen-bond acceptors (Lipinski definition) is 5. The molecule has 14 heavy (non-hydrogen) atoms. The van der Waals surface area contributed by atoms with Crippen molar-refractivity contribution in [1.29, 1.82) is 0 Å². The minimum Gasteiger partial charge on any atom is -0.562 e. The van der Waals surface area contributed by atoms with Gasteiger partial charge in [0.15, 0.2) is 0 Å². The van der Waals surface area contributed by atoms with Crippen LogP contribution in [-0.4, -0.2) is 46.6 Å². The van der Waals surface area contributed by atoms with Crippen LogP contribution in [-0.2, 0) is 9.68 Å². The molecule has 0 aromatic heterocycles. The molecule has 0 aromatic carbocycles. The number of hydrogen-bond donors (Lipinski definition) is 2. The Morgan fingerprint density at radius 3 is 1.71 bits per heavy atom. The first-order chi connectivity index (χ1) is 6.06. The van der Waals surface area contributed by atoms with Gasteiger partial charge in [-0.25, -0.2) is 0 Å². The topological polar surface area (TPSA) is 82.0 Å². The van der Waals surface area contributed by atoms with E-state index in [2.05, 4.69) is 9.68 Å². The van der Waals surface area contributed by atoms with Gasteiger partial charge in [0.05, 0.1) is 13.2 Å². The summed E-state index contributed by atoms with van der Waals surface area (Å²) in [5, 5.41) is 28.1. The van der Waals surface area contributed by atoms with Gasteiger partial charge in [-0.3, -0.25) is 0 Å². The molecule has 88 valence electrons. The second kappa shape index (κ2) is 8.90. The zero-order chi connectivity index (χ0) is 10.3. The molecule has 0 aromatic rings. The molecule has 0 aliphatic carbocycles. The Bertz CT molecular complexity index is 131. The van der Waals surface area contributed by atoms with Gasteiger partial charge in [-0.15, -0.1) is 12.4 Å². The number of quaternary nitrogens is 1. The molecule has 0 rings (SSSR count). The highest BCUT2D eigenvalue weighted by molar-refractivity contribution is 6.42. The van der Waals surface area contributed by atoms with E-state index < -0.39 is 9.93 Å². The maximum atomic E-state index is 11.3. The molecule has 0 unspecified atom stereocenters. The normalized spacial score (nSPS) is 11.6. The minimum atomic E-state index is -1.77. The third-order valence-electron chi connectivity index (χ3n) is 0.964. The molecule has 0 amide bonds. The van der Waals surface area contributed by atoms with E-state index in [9.17, 15) is 5.21 Å². The quantitative estimate of drug-likeness (QED) is 0.302. The molecule has 0 spiro atoms. The Morgan fingerprint density at radius 2 is 1.50 bits per heavy atom. The fourth-order valence-electron chi connectivity index (χ4n) is 0.486. The zero-order valence-electron chi connectivity index (χ0n) is 7.14. The van der Waals surface area contributed by atoms with E-state index in [1.165, 1.54) is 0 Å². The van der Waals surface area contributed by atoms with Gasteiger partial charge in [-0.05, 0) is 28.2 Å². The molecule has 0 bridgehead atoms. The lowest BCUT2D eigenvalue weighted by molar-refractivity contribution is -1.22. The van der Waals surface area contributed by atoms with E-state index in [0.29, 0.717) is 0 Å². The molecule has 0 saturated heterocycles. The number of aliphatic hydroxyl groups is 2. The number of alkyl halides is 2. The van der Waals surface area contributed by atoms with Crippen LogP contribution in [0.25, 0.3) is 0 Å². The molecular weight excluding hydrogens is 260 g/mol. The van der Waals surface area contributed by atoms with Crippen molar-refractivity contribution in [3.05, 3.63) is 5.21 Å². The fraction of sp³-hybridized carbons (Fsp3) is 1.00. The van der Waals surface area contributed by atoms with E-state index >= 15 is 0 Å². The third-order valence-corrected chi connectivity index (χ3v) is 1.44. The summed E-state index contributed by atoms with van der Waals surface area (Å²) in [7, 11) is 0. The lowest BCUT2D eigenvalue weighted by Gasteiger charge is -2.35. The van der Waals surface area contributed by atoms with Gasteiger partial charge in [0.25, 0.3) is 0 Å². The standard InChI is InChI=1S/C5H11Cl2NO5.ClH/c6-5(7)8(11,12-3-1-9)13-4-2-10;/h5,9-10H,1-4H2;1H. The van der Waals surface area contributed by atoms with Crippen molar-refractivity contribution in [2.45, 2.75) is 4.96 Å². The molecular formula is C5H12Cl3NO5. The van der Waals surface area contributed by atoms with E-state index in [0.717, 1.165) is 0 Å². The molecule has 0 fully saturated rings. The number of aliphatic hydroxyl groups excluding tert-OH is 2. The van der Waals surface area contributed by atoms with Gasteiger partial charge in [0.2, 0.25) is 0 Å². The smallest absolute Gasteiger partial charge is 0.302 e. The van der Waals surface area contributed by atoms with Gasteiger partial charge >= 0.3 is 4.96 Å². The summed E-state index contributed by atoms with van der Waals surface area (Å²) in [4.78, 5) is 5.68. The lowest BCUT2D eigenvalue weighted by Crippen LogP contribution is -2.46. The van der Waals surface area contributed by atoms with E-state index in [-0.39, 0.29) is 38.8 Å². The zero-order valence-corrected chi connectivity index (χ0v) is 9.46. The van der Waals surface area contributed by atoms with Crippen molar-refractivity contribution < 1.29 is 24.9 Å². The van der Waals surface area contributed by atoms with Crippen LogP contribution < -0.4 is 0 Å². The summed E-state index contributed by atoms with van der Waals surface area (Å²) < 4.78 is 0. The van der Waals surface area contributed by atoms with Crippen molar-refractivity contribution in [1.82, 2.24) is 0 Å². The second-order valence-electron chi connectivity index (χ2n) is 1.93. The second-order valence-corrected chi connectivity index (χ2v) is 2.98. The monoisotopic (exact) mass is 271 g/mol. The van der Waals surface area contributed by atoms with E-state index in [1.807, 2.05) is 0 Å². The average molecular weight is 273 g/mol. The predicted molar refractivity (Wildman–Crippen MR) is 52.4 cm³/mol. The number of nitrogens with zero attached hydrogens (tertiary/aromatic N) is 1.